The molecule has 5 nitrogen and oxygen atoms in total. The van der Waals surface area contributed by atoms with E-state index in [0.717, 1.165) is 44.1 Å². The summed E-state index contributed by atoms with van der Waals surface area (Å²) in [6.07, 6.45) is 7.62. The van der Waals surface area contributed by atoms with Crippen molar-refractivity contribution in [2.45, 2.75) is 39.0 Å². The standard InChI is InChI=1S/C20H32N4O/c1-17-8-13-23(14-9-17)15-18-5-4-12-24(16-18)20(25)22-11-7-19-6-2-3-10-21-19/h2-3,6,10,17-18H,4-5,7-9,11-16H2,1H3,(H,22,25). The van der Waals surface area contributed by atoms with Crippen LogP contribution in [-0.2, 0) is 6.42 Å². The van der Waals surface area contributed by atoms with Gasteiger partial charge in [-0.25, -0.2) is 4.79 Å². The van der Waals surface area contributed by atoms with Gasteiger partial charge in [-0.05, 0) is 62.7 Å². The molecule has 0 bridgehead atoms. The molecule has 0 spiro atoms. The summed E-state index contributed by atoms with van der Waals surface area (Å²) in [5, 5.41) is 3.06. The van der Waals surface area contributed by atoms with Crippen molar-refractivity contribution in [3.8, 4) is 0 Å². The summed E-state index contributed by atoms with van der Waals surface area (Å²) in [7, 11) is 0. The summed E-state index contributed by atoms with van der Waals surface area (Å²) in [6, 6.07) is 6.00. The van der Waals surface area contributed by atoms with Gasteiger partial charge >= 0.3 is 6.03 Å². The number of carbonyl (C=O) groups is 1. The van der Waals surface area contributed by atoms with Crippen LogP contribution in [0.1, 0.15) is 38.3 Å². The van der Waals surface area contributed by atoms with Gasteiger partial charge < -0.3 is 15.1 Å². The summed E-state index contributed by atoms with van der Waals surface area (Å²) in [6.45, 7) is 8.42. The van der Waals surface area contributed by atoms with Crippen molar-refractivity contribution in [1.82, 2.24) is 20.1 Å². The number of aromatic nitrogens is 1. The first-order chi connectivity index (χ1) is 12.2. The summed E-state index contributed by atoms with van der Waals surface area (Å²) < 4.78 is 0. The third-order valence-corrected chi connectivity index (χ3v) is 5.58. The van der Waals surface area contributed by atoms with Gasteiger partial charge in [0.2, 0.25) is 0 Å². The lowest BCUT2D eigenvalue weighted by Crippen LogP contribution is -2.48. The zero-order chi connectivity index (χ0) is 17.5. The van der Waals surface area contributed by atoms with Gasteiger partial charge in [0, 0.05) is 44.5 Å². The zero-order valence-corrected chi connectivity index (χ0v) is 15.5. The summed E-state index contributed by atoms with van der Waals surface area (Å²) >= 11 is 0. The van der Waals surface area contributed by atoms with Crippen molar-refractivity contribution in [1.29, 1.82) is 0 Å². The number of amides is 2. The average Bonchev–Trinajstić information content (AvgIpc) is 2.65. The molecule has 2 aliphatic heterocycles. The smallest absolute Gasteiger partial charge is 0.317 e. The molecule has 3 heterocycles. The topological polar surface area (TPSA) is 48.5 Å². The van der Waals surface area contributed by atoms with Crippen LogP contribution in [0.15, 0.2) is 24.4 Å². The Hall–Kier alpha value is -1.62. The highest BCUT2D eigenvalue weighted by atomic mass is 16.2. The van der Waals surface area contributed by atoms with Crippen LogP contribution in [-0.4, -0.2) is 60.1 Å². The molecule has 0 saturated carbocycles. The fraction of sp³-hybridized carbons (Fsp3) is 0.700. The molecule has 1 aromatic rings. The lowest BCUT2D eigenvalue weighted by atomic mass is 9.94. The fourth-order valence-corrected chi connectivity index (χ4v) is 3.96. The average molecular weight is 345 g/mol. The van der Waals surface area contributed by atoms with Crippen LogP contribution in [0.5, 0.6) is 0 Å². The molecule has 0 radical (unpaired) electrons. The predicted octanol–water partition coefficient (Wildman–Crippen LogP) is 2.78. The van der Waals surface area contributed by atoms with E-state index in [-0.39, 0.29) is 6.03 Å². The highest BCUT2D eigenvalue weighted by molar-refractivity contribution is 5.74. The number of piperidine rings is 2. The Morgan fingerprint density at radius 2 is 2.08 bits per heavy atom. The molecule has 0 aromatic carbocycles. The highest BCUT2D eigenvalue weighted by Gasteiger charge is 2.26. The van der Waals surface area contributed by atoms with Crippen LogP contribution < -0.4 is 5.32 Å². The fourth-order valence-electron chi connectivity index (χ4n) is 3.96. The molecule has 2 aliphatic rings. The summed E-state index contributed by atoms with van der Waals surface area (Å²) in [4.78, 5) is 21.4. The van der Waals surface area contributed by atoms with Gasteiger partial charge in [-0.15, -0.1) is 0 Å². The first kappa shape index (κ1) is 18.2. The van der Waals surface area contributed by atoms with Gasteiger partial charge in [0.15, 0.2) is 0 Å². The SMILES string of the molecule is CC1CCN(CC2CCCN(C(=O)NCCc3ccccn3)C2)CC1. The van der Waals surface area contributed by atoms with Crippen molar-refractivity contribution >= 4 is 6.03 Å². The molecular weight excluding hydrogens is 312 g/mol. The molecular formula is C20H32N4O. The summed E-state index contributed by atoms with van der Waals surface area (Å²) in [5.41, 5.74) is 1.03. The predicted molar refractivity (Wildman–Crippen MR) is 100 cm³/mol. The first-order valence-corrected chi connectivity index (χ1v) is 9.86. The van der Waals surface area contributed by atoms with Crippen LogP contribution in [0.25, 0.3) is 0 Å². The number of hydrogen-bond acceptors (Lipinski definition) is 3. The summed E-state index contributed by atoms with van der Waals surface area (Å²) in [5.74, 6) is 1.51. The van der Waals surface area contributed by atoms with Crippen molar-refractivity contribution in [2.24, 2.45) is 11.8 Å². The molecule has 2 amide bonds. The third-order valence-electron chi connectivity index (χ3n) is 5.58. The number of likely N-dealkylation sites (tertiary alicyclic amines) is 2. The van der Waals surface area contributed by atoms with Gasteiger partial charge in [-0.3, -0.25) is 4.98 Å². The maximum Gasteiger partial charge on any atom is 0.317 e. The van der Waals surface area contributed by atoms with E-state index in [4.69, 9.17) is 0 Å². The van der Waals surface area contributed by atoms with Gasteiger partial charge in [0.05, 0.1) is 0 Å². The van der Waals surface area contributed by atoms with E-state index < -0.39 is 0 Å². The Labute approximate surface area is 151 Å². The van der Waals surface area contributed by atoms with Crippen molar-refractivity contribution < 1.29 is 4.79 Å². The maximum absolute atomic E-state index is 12.4. The number of nitrogens with zero attached hydrogens (tertiary/aromatic N) is 3. The molecule has 1 atom stereocenters. The monoisotopic (exact) mass is 344 g/mol. The van der Waals surface area contributed by atoms with Crippen LogP contribution in [0.4, 0.5) is 4.79 Å². The number of pyridine rings is 1. The quantitative estimate of drug-likeness (QED) is 0.893. The largest absolute Gasteiger partial charge is 0.338 e. The number of urea groups is 1. The zero-order valence-electron chi connectivity index (χ0n) is 15.5. The molecule has 1 N–H and O–H groups in total. The lowest BCUT2D eigenvalue weighted by molar-refractivity contribution is 0.120. The Morgan fingerprint density at radius 1 is 1.24 bits per heavy atom. The van der Waals surface area contributed by atoms with Gasteiger partial charge in [0.25, 0.3) is 0 Å². The number of carbonyl (C=O) groups excluding carboxylic acids is 1. The van der Waals surface area contributed by atoms with E-state index in [1.807, 2.05) is 23.1 Å². The normalized spacial score (nSPS) is 22.8. The molecule has 0 aliphatic carbocycles. The minimum absolute atomic E-state index is 0.0906. The van der Waals surface area contributed by atoms with Gasteiger partial charge in [-0.2, -0.15) is 0 Å². The van der Waals surface area contributed by atoms with Crippen molar-refractivity contribution in [3.63, 3.8) is 0 Å². The number of hydrogen-bond donors (Lipinski definition) is 1. The van der Waals surface area contributed by atoms with Crippen LogP contribution in [0.2, 0.25) is 0 Å². The Kier molecular flexibility index (Phi) is 6.68. The van der Waals surface area contributed by atoms with E-state index in [9.17, 15) is 4.79 Å². The molecule has 2 saturated heterocycles. The Morgan fingerprint density at radius 3 is 2.84 bits per heavy atom. The number of rotatable bonds is 5. The van der Waals surface area contributed by atoms with Gasteiger partial charge in [-0.1, -0.05) is 13.0 Å². The number of nitrogens with one attached hydrogen (secondary N) is 1. The van der Waals surface area contributed by atoms with Crippen LogP contribution in [0, 0.1) is 11.8 Å². The van der Waals surface area contributed by atoms with Crippen molar-refractivity contribution in [2.75, 3.05) is 39.3 Å². The second-order valence-electron chi connectivity index (χ2n) is 7.74. The Bertz CT molecular complexity index is 528. The van der Waals surface area contributed by atoms with E-state index in [0.29, 0.717) is 12.5 Å². The van der Waals surface area contributed by atoms with Crippen LogP contribution >= 0.6 is 0 Å². The van der Waals surface area contributed by atoms with Crippen LogP contribution in [0.3, 0.4) is 0 Å². The minimum Gasteiger partial charge on any atom is -0.338 e. The molecule has 1 unspecified atom stereocenters. The van der Waals surface area contributed by atoms with E-state index in [1.54, 1.807) is 6.20 Å². The third kappa shape index (κ3) is 5.70. The maximum atomic E-state index is 12.4. The second-order valence-corrected chi connectivity index (χ2v) is 7.74. The molecule has 1 aromatic heterocycles. The van der Waals surface area contributed by atoms with Gasteiger partial charge in [0.1, 0.15) is 0 Å². The van der Waals surface area contributed by atoms with E-state index in [1.165, 1.54) is 32.4 Å². The van der Waals surface area contributed by atoms with Crippen molar-refractivity contribution in [3.05, 3.63) is 30.1 Å². The first-order valence-electron chi connectivity index (χ1n) is 9.86. The Balaban J connectivity index is 1.39. The molecule has 5 heteroatoms. The molecule has 138 valence electrons. The second kappa shape index (κ2) is 9.18. The lowest BCUT2D eigenvalue weighted by Gasteiger charge is -2.37. The molecule has 25 heavy (non-hydrogen) atoms. The molecule has 2 fully saturated rings. The molecule has 3 rings (SSSR count). The minimum atomic E-state index is 0.0906. The van der Waals surface area contributed by atoms with E-state index >= 15 is 0 Å². The highest BCUT2D eigenvalue weighted by Crippen LogP contribution is 2.21. The van der Waals surface area contributed by atoms with E-state index in [2.05, 4.69) is 22.1 Å².